The van der Waals surface area contributed by atoms with Crippen LogP contribution in [0.15, 0.2) is 0 Å². The van der Waals surface area contributed by atoms with E-state index in [1.807, 2.05) is 0 Å². The molecule has 0 aliphatic carbocycles. The van der Waals surface area contributed by atoms with Crippen molar-refractivity contribution in [2.24, 2.45) is 0 Å². The normalized spacial score (nSPS) is 11.8. The molecular weight excluding hydrogens is 384 g/mol. The minimum absolute atomic E-state index is 0.238. The quantitative estimate of drug-likeness (QED) is 0.453. The molecule has 0 spiro atoms. The van der Waals surface area contributed by atoms with Crippen LogP contribution in [-0.2, 0) is 19.3 Å². The summed E-state index contributed by atoms with van der Waals surface area (Å²) in [6.45, 7) is 19.6. The maximum absolute atomic E-state index is 5.03. The fourth-order valence-electron chi connectivity index (χ4n) is 4.91. The Morgan fingerprint density at radius 3 is 1.00 bits per heavy atom. The van der Waals surface area contributed by atoms with Gasteiger partial charge in [-0.1, -0.05) is 40.0 Å². The molecule has 0 fully saturated rings. The average Bonchev–Trinajstić information content (AvgIpc) is 3.27. The predicted octanol–water partition coefficient (Wildman–Crippen LogP) is 5.54. The predicted molar refractivity (Wildman–Crippen MR) is 127 cm³/mol. The summed E-state index contributed by atoms with van der Waals surface area (Å²) in [4.78, 5) is 0. The summed E-state index contributed by atoms with van der Waals surface area (Å²) in [6, 6.07) is 0. The van der Waals surface area contributed by atoms with Crippen LogP contribution in [-0.4, -0.2) is 29.3 Å². The molecule has 6 heteroatoms. The van der Waals surface area contributed by atoms with Crippen molar-refractivity contribution in [1.82, 2.24) is 29.3 Å². The van der Waals surface area contributed by atoms with Gasteiger partial charge in [-0.25, -0.2) is 14.0 Å². The molecule has 0 radical (unpaired) electrons. The topological polar surface area (TPSA) is 53.5 Å². The second-order valence-electron chi connectivity index (χ2n) is 8.88. The van der Waals surface area contributed by atoms with Crippen LogP contribution in [0.25, 0.3) is 0 Å². The van der Waals surface area contributed by atoms with E-state index in [2.05, 4.69) is 76.4 Å². The molecule has 0 aromatic carbocycles. The van der Waals surface area contributed by atoms with E-state index >= 15 is 0 Å². The standard InChI is InChI=1S/C25H40N6/c1-10-13-22-16(4)26-29(19(22)7)25(30-20(8)23(14-11-2)17(5)27-30)31-21(9)24(15-12-3)18(6)28-31/h25H,10-15H2,1-9H3. The van der Waals surface area contributed by atoms with Crippen molar-refractivity contribution < 1.29 is 0 Å². The summed E-state index contributed by atoms with van der Waals surface area (Å²) in [7, 11) is 0. The van der Waals surface area contributed by atoms with Gasteiger partial charge in [-0.05, 0) is 77.5 Å². The van der Waals surface area contributed by atoms with Crippen molar-refractivity contribution in [1.29, 1.82) is 0 Å². The highest BCUT2D eigenvalue weighted by Gasteiger charge is 2.28. The molecule has 3 aromatic heterocycles. The van der Waals surface area contributed by atoms with Gasteiger partial charge in [0.15, 0.2) is 0 Å². The van der Waals surface area contributed by atoms with E-state index in [1.54, 1.807) is 0 Å². The van der Waals surface area contributed by atoms with E-state index in [1.165, 1.54) is 33.8 Å². The second-order valence-corrected chi connectivity index (χ2v) is 8.88. The molecule has 6 nitrogen and oxygen atoms in total. The van der Waals surface area contributed by atoms with Crippen LogP contribution >= 0.6 is 0 Å². The number of hydrogen-bond donors (Lipinski definition) is 0. The van der Waals surface area contributed by atoms with Crippen molar-refractivity contribution in [2.75, 3.05) is 0 Å². The number of aryl methyl sites for hydroxylation is 3. The Morgan fingerprint density at radius 1 is 0.516 bits per heavy atom. The molecule has 0 saturated heterocycles. The minimum Gasteiger partial charge on any atom is -0.224 e. The zero-order chi connectivity index (χ0) is 22.9. The van der Waals surface area contributed by atoms with Gasteiger partial charge in [0, 0.05) is 17.1 Å². The first kappa shape index (κ1) is 23.3. The average molecular weight is 425 g/mol. The minimum atomic E-state index is -0.238. The molecule has 170 valence electrons. The number of aromatic nitrogens is 6. The van der Waals surface area contributed by atoms with E-state index in [4.69, 9.17) is 15.3 Å². The number of nitrogens with zero attached hydrogens (tertiary/aromatic N) is 6. The van der Waals surface area contributed by atoms with Crippen molar-refractivity contribution in [3.8, 4) is 0 Å². The van der Waals surface area contributed by atoms with Gasteiger partial charge in [0.1, 0.15) is 0 Å². The molecule has 3 rings (SSSR count). The first-order chi connectivity index (χ1) is 14.8. The van der Waals surface area contributed by atoms with Gasteiger partial charge in [0.05, 0.1) is 17.1 Å². The molecule has 31 heavy (non-hydrogen) atoms. The molecule has 0 atom stereocenters. The summed E-state index contributed by atoms with van der Waals surface area (Å²) in [5.41, 5.74) is 11.0. The maximum Gasteiger partial charge on any atom is 0.238 e. The highest BCUT2D eigenvalue weighted by Crippen LogP contribution is 2.28. The molecule has 0 aliphatic rings. The largest absolute Gasteiger partial charge is 0.238 e. The van der Waals surface area contributed by atoms with Crippen LogP contribution in [0, 0.1) is 41.5 Å². The third kappa shape index (κ3) is 4.09. The third-order valence-electron chi connectivity index (χ3n) is 6.58. The van der Waals surface area contributed by atoms with E-state index < -0.39 is 0 Å². The lowest BCUT2D eigenvalue weighted by Crippen LogP contribution is -2.31. The monoisotopic (exact) mass is 424 g/mol. The van der Waals surface area contributed by atoms with Crippen LogP contribution in [0.1, 0.15) is 97.2 Å². The molecule has 3 aromatic rings. The number of hydrogen-bond acceptors (Lipinski definition) is 3. The van der Waals surface area contributed by atoms with Gasteiger partial charge < -0.3 is 0 Å². The molecular formula is C25H40N6. The van der Waals surface area contributed by atoms with Crippen molar-refractivity contribution in [3.05, 3.63) is 50.9 Å². The first-order valence-electron chi connectivity index (χ1n) is 11.9. The van der Waals surface area contributed by atoms with Crippen molar-refractivity contribution >= 4 is 0 Å². The SMILES string of the molecule is CCCc1c(C)nn(C(n2nc(C)c(CCC)c2C)n2nc(C)c(CCC)c2C)c1C. The van der Waals surface area contributed by atoms with E-state index in [0.717, 1.165) is 55.6 Å². The summed E-state index contributed by atoms with van der Waals surface area (Å²) < 4.78 is 6.43. The van der Waals surface area contributed by atoms with Crippen molar-refractivity contribution in [2.45, 2.75) is 107 Å². The fourth-order valence-corrected chi connectivity index (χ4v) is 4.91. The van der Waals surface area contributed by atoms with Gasteiger partial charge in [-0.2, -0.15) is 15.3 Å². The molecule has 0 bridgehead atoms. The summed E-state index contributed by atoms with van der Waals surface area (Å²) in [6.07, 6.45) is 6.22. The van der Waals surface area contributed by atoms with E-state index in [-0.39, 0.29) is 6.29 Å². The lowest BCUT2D eigenvalue weighted by Gasteiger charge is -2.24. The van der Waals surface area contributed by atoms with Gasteiger partial charge in [-0.3, -0.25) is 0 Å². The molecule has 0 N–H and O–H groups in total. The fraction of sp³-hybridized carbons (Fsp3) is 0.640. The van der Waals surface area contributed by atoms with E-state index in [9.17, 15) is 0 Å². The van der Waals surface area contributed by atoms with Gasteiger partial charge >= 0.3 is 0 Å². The zero-order valence-electron chi connectivity index (χ0n) is 21.0. The maximum atomic E-state index is 5.03. The van der Waals surface area contributed by atoms with Gasteiger partial charge in [0.25, 0.3) is 0 Å². The smallest absolute Gasteiger partial charge is 0.224 e. The summed E-state index contributed by atoms with van der Waals surface area (Å²) in [5.74, 6) is 0. The Labute approximate surface area is 187 Å². The third-order valence-corrected chi connectivity index (χ3v) is 6.58. The van der Waals surface area contributed by atoms with Gasteiger partial charge in [0.2, 0.25) is 6.29 Å². The molecule has 0 aliphatic heterocycles. The van der Waals surface area contributed by atoms with E-state index in [0.29, 0.717) is 0 Å². The second kappa shape index (κ2) is 9.41. The Kier molecular flexibility index (Phi) is 7.07. The molecule has 0 amide bonds. The Balaban J connectivity index is 2.28. The summed E-state index contributed by atoms with van der Waals surface area (Å²) in [5, 5.41) is 15.1. The highest BCUT2D eigenvalue weighted by atomic mass is 15.6. The first-order valence-corrected chi connectivity index (χ1v) is 11.9. The van der Waals surface area contributed by atoms with Gasteiger partial charge in [-0.15, -0.1) is 0 Å². The molecule has 0 unspecified atom stereocenters. The zero-order valence-corrected chi connectivity index (χ0v) is 21.0. The Bertz CT molecular complexity index is 915. The van der Waals surface area contributed by atoms with Crippen LogP contribution in [0.2, 0.25) is 0 Å². The van der Waals surface area contributed by atoms with Crippen molar-refractivity contribution in [3.63, 3.8) is 0 Å². The molecule has 3 heterocycles. The molecule has 0 saturated carbocycles. The van der Waals surface area contributed by atoms with Crippen LogP contribution in [0.3, 0.4) is 0 Å². The Morgan fingerprint density at radius 2 is 0.774 bits per heavy atom. The van der Waals surface area contributed by atoms with Crippen LogP contribution in [0.4, 0.5) is 0 Å². The summed E-state index contributed by atoms with van der Waals surface area (Å²) >= 11 is 0. The Hall–Kier alpha value is -2.37. The number of rotatable bonds is 9. The van der Waals surface area contributed by atoms with Crippen LogP contribution < -0.4 is 0 Å². The lowest BCUT2D eigenvalue weighted by molar-refractivity contribution is 0.268. The van der Waals surface area contributed by atoms with Crippen LogP contribution in [0.5, 0.6) is 0 Å². The lowest BCUT2D eigenvalue weighted by atomic mass is 10.1. The highest BCUT2D eigenvalue weighted by molar-refractivity contribution is 5.29.